The Labute approximate surface area is 148 Å². The fourth-order valence-electron chi connectivity index (χ4n) is 2.34. The molecule has 1 fully saturated rings. The van der Waals surface area contributed by atoms with E-state index < -0.39 is 53.1 Å². The van der Waals surface area contributed by atoms with E-state index in [0.717, 1.165) is 0 Å². The molecular weight excluding hydrogens is 374 g/mol. The molecule has 0 spiro atoms. The standard InChI is InChI=1S/C14H19NO10S/c15-12-11(17)10(16)9(7-24-26(20,21)22)25-14(12,19)13(18)23-6-8-4-2-1-3-5-8/h1-5,9-12,16-17,19H,6-7,15H2,(H,20,21,22)/t9-,10-,11+,12-,14?/m1/s1. The molecule has 0 aromatic heterocycles. The van der Waals surface area contributed by atoms with Gasteiger partial charge in [0, 0.05) is 0 Å². The summed E-state index contributed by atoms with van der Waals surface area (Å²) >= 11 is 0. The van der Waals surface area contributed by atoms with Gasteiger partial charge in [0.25, 0.3) is 5.79 Å². The lowest BCUT2D eigenvalue weighted by molar-refractivity contribution is -0.307. The Bertz CT molecular complexity index is 727. The summed E-state index contributed by atoms with van der Waals surface area (Å²) in [6, 6.07) is 6.66. The summed E-state index contributed by atoms with van der Waals surface area (Å²) in [6.45, 7) is -1.22. The molecule has 26 heavy (non-hydrogen) atoms. The van der Waals surface area contributed by atoms with Crippen molar-refractivity contribution in [3.63, 3.8) is 0 Å². The van der Waals surface area contributed by atoms with Crippen LogP contribution in [0.25, 0.3) is 0 Å². The Hall–Kier alpha value is -1.64. The van der Waals surface area contributed by atoms with Crippen LogP contribution in [0.4, 0.5) is 0 Å². The molecule has 1 aliphatic heterocycles. The minimum absolute atomic E-state index is 0.233. The van der Waals surface area contributed by atoms with E-state index >= 15 is 0 Å². The van der Waals surface area contributed by atoms with Gasteiger partial charge in [0.2, 0.25) is 0 Å². The van der Waals surface area contributed by atoms with Crippen molar-refractivity contribution in [1.82, 2.24) is 0 Å². The van der Waals surface area contributed by atoms with Crippen LogP contribution in [0.15, 0.2) is 30.3 Å². The van der Waals surface area contributed by atoms with Gasteiger partial charge in [-0.3, -0.25) is 4.55 Å². The quantitative estimate of drug-likeness (QED) is 0.258. The van der Waals surface area contributed by atoms with Gasteiger partial charge in [0.05, 0.1) is 12.6 Å². The lowest BCUT2D eigenvalue weighted by atomic mass is 9.91. The first-order chi connectivity index (χ1) is 12.0. The van der Waals surface area contributed by atoms with Crippen LogP contribution in [-0.4, -0.2) is 71.0 Å². The highest BCUT2D eigenvalue weighted by Crippen LogP contribution is 2.29. The molecule has 2 rings (SSSR count). The van der Waals surface area contributed by atoms with Crippen LogP contribution in [0.2, 0.25) is 0 Å². The molecule has 5 atom stereocenters. The minimum atomic E-state index is -4.88. The zero-order valence-electron chi connectivity index (χ0n) is 13.3. The molecule has 6 N–H and O–H groups in total. The summed E-state index contributed by atoms with van der Waals surface area (Å²) in [6.07, 6.45) is -5.36. The van der Waals surface area contributed by atoms with Crippen LogP contribution < -0.4 is 5.73 Å². The van der Waals surface area contributed by atoms with Crippen molar-refractivity contribution in [3.05, 3.63) is 35.9 Å². The van der Waals surface area contributed by atoms with Crippen LogP contribution in [-0.2, 0) is 35.5 Å². The molecule has 1 saturated heterocycles. The van der Waals surface area contributed by atoms with Crippen molar-refractivity contribution in [2.75, 3.05) is 6.61 Å². The maximum atomic E-state index is 12.2. The second-order valence-electron chi connectivity index (χ2n) is 5.63. The molecule has 1 heterocycles. The number of benzene rings is 1. The number of hydrogen-bond acceptors (Lipinski definition) is 10. The Morgan fingerprint density at radius 1 is 1.23 bits per heavy atom. The van der Waals surface area contributed by atoms with E-state index in [1.54, 1.807) is 30.3 Å². The average molecular weight is 393 g/mol. The van der Waals surface area contributed by atoms with Crippen LogP contribution >= 0.6 is 0 Å². The predicted octanol–water partition coefficient (Wildman–Crippen LogP) is -2.31. The fourth-order valence-corrected chi connectivity index (χ4v) is 2.65. The molecule has 0 bridgehead atoms. The first-order valence-corrected chi connectivity index (χ1v) is 8.76. The third-order valence-corrected chi connectivity index (χ3v) is 4.20. The Morgan fingerprint density at radius 3 is 2.42 bits per heavy atom. The summed E-state index contributed by atoms with van der Waals surface area (Å²) in [5, 5.41) is 30.2. The van der Waals surface area contributed by atoms with Crippen molar-refractivity contribution in [2.45, 2.75) is 36.7 Å². The molecule has 0 aliphatic carbocycles. The first kappa shape index (κ1) is 20.7. The number of ether oxygens (including phenoxy) is 2. The average Bonchev–Trinajstić information content (AvgIpc) is 2.60. The number of carbonyl (C=O) groups is 1. The summed E-state index contributed by atoms with van der Waals surface area (Å²) < 4.78 is 43.8. The summed E-state index contributed by atoms with van der Waals surface area (Å²) in [4.78, 5) is 12.2. The molecular formula is C14H19NO10S. The zero-order chi connectivity index (χ0) is 19.5. The molecule has 1 aromatic carbocycles. The van der Waals surface area contributed by atoms with Crippen LogP contribution in [0.5, 0.6) is 0 Å². The smallest absolute Gasteiger partial charge is 0.397 e. The van der Waals surface area contributed by atoms with Gasteiger partial charge in [-0.05, 0) is 5.56 Å². The van der Waals surface area contributed by atoms with Gasteiger partial charge in [-0.25, -0.2) is 8.98 Å². The fraction of sp³-hybridized carbons (Fsp3) is 0.500. The van der Waals surface area contributed by atoms with Gasteiger partial charge in [0.15, 0.2) is 0 Å². The number of rotatable bonds is 6. The third kappa shape index (κ3) is 4.75. The topological polar surface area (TPSA) is 186 Å². The SMILES string of the molecule is N[C@@H]1[C@@H](O)[C@H](O)[C@@H](COS(=O)(=O)O)OC1(O)C(=O)OCc1ccccc1. The van der Waals surface area contributed by atoms with E-state index in [0.29, 0.717) is 5.56 Å². The number of aliphatic hydroxyl groups excluding tert-OH is 2. The van der Waals surface area contributed by atoms with E-state index in [2.05, 4.69) is 4.18 Å². The summed E-state index contributed by atoms with van der Waals surface area (Å²) in [5.41, 5.74) is 6.16. The number of aliphatic hydroxyl groups is 3. The zero-order valence-corrected chi connectivity index (χ0v) is 14.2. The number of carbonyl (C=O) groups excluding carboxylic acids is 1. The number of nitrogens with two attached hydrogens (primary N) is 1. The molecule has 1 aliphatic rings. The van der Waals surface area contributed by atoms with Gasteiger partial charge in [-0.2, -0.15) is 8.42 Å². The van der Waals surface area contributed by atoms with Crippen molar-refractivity contribution >= 4 is 16.4 Å². The molecule has 0 saturated carbocycles. The molecule has 1 aromatic rings. The lowest BCUT2D eigenvalue weighted by Crippen LogP contribution is -2.71. The molecule has 146 valence electrons. The van der Waals surface area contributed by atoms with Crippen LogP contribution in [0.1, 0.15) is 5.56 Å². The Morgan fingerprint density at radius 2 is 1.85 bits per heavy atom. The second-order valence-corrected chi connectivity index (χ2v) is 6.72. The summed E-state index contributed by atoms with van der Waals surface area (Å²) in [5.74, 6) is -4.22. The van der Waals surface area contributed by atoms with E-state index in [4.69, 9.17) is 19.8 Å². The van der Waals surface area contributed by atoms with E-state index in [9.17, 15) is 28.5 Å². The predicted molar refractivity (Wildman–Crippen MR) is 83.6 cm³/mol. The molecule has 11 nitrogen and oxygen atoms in total. The largest absolute Gasteiger partial charge is 0.457 e. The van der Waals surface area contributed by atoms with E-state index in [1.807, 2.05) is 0 Å². The monoisotopic (exact) mass is 393 g/mol. The van der Waals surface area contributed by atoms with Crippen molar-refractivity contribution in [3.8, 4) is 0 Å². The normalized spacial score (nSPS) is 32.2. The van der Waals surface area contributed by atoms with Crippen molar-refractivity contribution in [1.29, 1.82) is 0 Å². The minimum Gasteiger partial charge on any atom is -0.457 e. The van der Waals surface area contributed by atoms with Crippen molar-refractivity contribution in [2.24, 2.45) is 5.73 Å². The maximum absolute atomic E-state index is 12.2. The maximum Gasteiger partial charge on any atom is 0.397 e. The van der Waals surface area contributed by atoms with Gasteiger partial charge < -0.3 is 30.5 Å². The van der Waals surface area contributed by atoms with Crippen LogP contribution in [0, 0.1) is 0 Å². The van der Waals surface area contributed by atoms with Gasteiger partial charge >= 0.3 is 16.4 Å². The van der Waals surface area contributed by atoms with Gasteiger partial charge in [0.1, 0.15) is 24.9 Å². The van der Waals surface area contributed by atoms with Crippen molar-refractivity contribution < 1.29 is 46.7 Å². The highest BCUT2D eigenvalue weighted by Gasteiger charge is 2.57. The Kier molecular flexibility index (Phi) is 6.31. The van der Waals surface area contributed by atoms with E-state index in [1.165, 1.54) is 0 Å². The van der Waals surface area contributed by atoms with Crippen LogP contribution in [0.3, 0.4) is 0 Å². The Balaban J connectivity index is 2.11. The van der Waals surface area contributed by atoms with Gasteiger partial charge in [-0.1, -0.05) is 30.3 Å². The lowest BCUT2D eigenvalue weighted by Gasteiger charge is -2.44. The molecule has 0 amide bonds. The molecule has 0 radical (unpaired) electrons. The second kappa shape index (κ2) is 7.94. The third-order valence-electron chi connectivity index (χ3n) is 3.77. The van der Waals surface area contributed by atoms with E-state index in [-0.39, 0.29) is 6.61 Å². The first-order valence-electron chi connectivity index (χ1n) is 7.39. The molecule has 12 heteroatoms. The van der Waals surface area contributed by atoms with Gasteiger partial charge in [-0.15, -0.1) is 0 Å². The summed E-state index contributed by atoms with van der Waals surface area (Å²) in [7, 11) is -4.88. The molecule has 1 unspecified atom stereocenters. The highest BCUT2D eigenvalue weighted by atomic mass is 32.3. The number of hydrogen-bond donors (Lipinski definition) is 5. The number of esters is 1. The highest BCUT2D eigenvalue weighted by molar-refractivity contribution is 7.80.